The number of nitrogens with one attached hydrogen (secondary N) is 1. The van der Waals surface area contributed by atoms with Crippen LogP contribution >= 0.6 is 0 Å². The quantitative estimate of drug-likeness (QED) is 0.752. The van der Waals surface area contributed by atoms with E-state index in [9.17, 15) is 4.79 Å². The standard InChI is InChI=1S/C13H21N5O2/c1-16-12(11(6-15-16)13(19)20)9-17-7-10(8-17)18-4-2-14-3-5-18/h6,10,14H,2-5,7-9H2,1H3,(H,19,20). The van der Waals surface area contributed by atoms with E-state index in [1.807, 2.05) is 0 Å². The molecule has 0 radical (unpaired) electrons. The van der Waals surface area contributed by atoms with E-state index in [2.05, 4.69) is 20.2 Å². The Labute approximate surface area is 118 Å². The summed E-state index contributed by atoms with van der Waals surface area (Å²) >= 11 is 0. The Morgan fingerprint density at radius 3 is 2.80 bits per heavy atom. The maximum absolute atomic E-state index is 11.1. The first-order chi connectivity index (χ1) is 9.65. The molecule has 3 rings (SSSR count). The van der Waals surface area contributed by atoms with Crippen molar-refractivity contribution in [1.29, 1.82) is 0 Å². The molecule has 7 nitrogen and oxygen atoms in total. The number of likely N-dealkylation sites (tertiary alicyclic amines) is 1. The summed E-state index contributed by atoms with van der Waals surface area (Å²) in [6.45, 7) is 7.08. The highest BCUT2D eigenvalue weighted by Crippen LogP contribution is 2.20. The number of hydrogen-bond acceptors (Lipinski definition) is 5. The first kappa shape index (κ1) is 13.5. The van der Waals surface area contributed by atoms with E-state index in [1.165, 1.54) is 6.20 Å². The molecule has 110 valence electrons. The Morgan fingerprint density at radius 1 is 1.45 bits per heavy atom. The molecule has 2 aliphatic heterocycles. The van der Waals surface area contributed by atoms with Gasteiger partial charge in [-0.15, -0.1) is 0 Å². The maximum Gasteiger partial charge on any atom is 0.339 e. The summed E-state index contributed by atoms with van der Waals surface area (Å²) in [6, 6.07) is 0.624. The Bertz CT molecular complexity index is 489. The molecule has 0 amide bonds. The Balaban J connectivity index is 1.56. The van der Waals surface area contributed by atoms with Gasteiger partial charge in [-0.3, -0.25) is 14.5 Å². The lowest BCUT2D eigenvalue weighted by Gasteiger charge is -2.46. The molecule has 20 heavy (non-hydrogen) atoms. The first-order valence-corrected chi connectivity index (χ1v) is 7.06. The summed E-state index contributed by atoms with van der Waals surface area (Å²) in [5.41, 5.74) is 1.11. The van der Waals surface area contributed by atoms with Gasteiger partial charge in [0, 0.05) is 58.9 Å². The van der Waals surface area contributed by atoms with Gasteiger partial charge in [-0.25, -0.2) is 4.79 Å². The minimum absolute atomic E-state index is 0.318. The number of hydrogen-bond donors (Lipinski definition) is 2. The molecule has 1 aromatic rings. The van der Waals surface area contributed by atoms with Crippen LogP contribution < -0.4 is 5.32 Å². The van der Waals surface area contributed by atoms with Gasteiger partial charge in [-0.2, -0.15) is 5.10 Å². The highest BCUT2D eigenvalue weighted by molar-refractivity contribution is 5.88. The van der Waals surface area contributed by atoms with Crippen molar-refractivity contribution < 1.29 is 9.90 Å². The molecular weight excluding hydrogens is 258 g/mol. The van der Waals surface area contributed by atoms with Gasteiger partial charge in [0.15, 0.2) is 0 Å². The lowest BCUT2D eigenvalue weighted by Crippen LogP contribution is -2.62. The van der Waals surface area contributed by atoms with E-state index in [0.717, 1.165) is 45.0 Å². The third-order valence-electron chi connectivity index (χ3n) is 4.27. The van der Waals surface area contributed by atoms with E-state index in [0.29, 0.717) is 18.2 Å². The predicted octanol–water partition coefficient (Wildman–Crippen LogP) is -0.792. The minimum atomic E-state index is -0.896. The lowest BCUT2D eigenvalue weighted by atomic mass is 10.1. The van der Waals surface area contributed by atoms with Crippen LogP contribution in [0, 0.1) is 0 Å². The average Bonchev–Trinajstić information content (AvgIpc) is 2.76. The van der Waals surface area contributed by atoms with E-state index in [-0.39, 0.29) is 0 Å². The number of aromatic nitrogens is 2. The smallest absolute Gasteiger partial charge is 0.339 e. The zero-order valence-electron chi connectivity index (χ0n) is 11.7. The molecular formula is C13H21N5O2. The molecule has 0 bridgehead atoms. The predicted molar refractivity (Wildman–Crippen MR) is 73.7 cm³/mol. The summed E-state index contributed by atoms with van der Waals surface area (Å²) in [6.07, 6.45) is 1.44. The first-order valence-electron chi connectivity index (χ1n) is 7.06. The number of rotatable bonds is 4. The van der Waals surface area contributed by atoms with Crippen LogP contribution in [0.4, 0.5) is 0 Å². The fourth-order valence-corrected chi connectivity index (χ4v) is 2.99. The molecule has 1 aromatic heterocycles. The molecule has 0 spiro atoms. The summed E-state index contributed by atoms with van der Waals surface area (Å²) < 4.78 is 1.67. The van der Waals surface area contributed by atoms with Gasteiger partial charge in [-0.05, 0) is 0 Å². The topological polar surface area (TPSA) is 73.6 Å². The highest BCUT2D eigenvalue weighted by atomic mass is 16.4. The number of piperazine rings is 1. The Morgan fingerprint density at radius 2 is 2.15 bits per heavy atom. The number of aryl methyl sites for hydroxylation is 1. The van der Waals surface area contributed by atoms with Gasteiger partial charge < -0.3 is 10.4 Å². The van der Waals surface area contributed by atoms with Crippen molar-refractivity contribution in [3.05, 3.63) is 17.5 Å². The number of aromatic carboxylic acids is 1. The third-order valence-corrected chi connectivity index (χ3v) is 4.27. The van der Waals surface area contributed by atoms with Gasteiger partial charge >= 0.3 is 5.97 Å². The molecule has 2 aliphatic rings. The molecule has 2 N–H and O–H groups in total. The minimum Gasteiger partial charge on any atom is -0.478 e. The van der Waals surface area contributed by atoms with Crippen molar-refractivity contribution in [1.82, 2.24) is 24.9 Å². The van der Waals surface area contributed by atoms with Crippen LogP contribution in [-0.4, -0.2) is 76.0 Å². The zero-order chi connectivity index (χ0) is 14.1. The van der Waals surface area contributed by atoms with Crippen LogP contribution in [0.5, 0.6) is 0 Å². The maximum atomic E-state index is 11.1. The van der Waals surface area contributed by atoms with Gasteiger partial charge in [0.05, 0.1) is 11.9 Å². The number of carbonyl (C=O) groups is 1. The number of carboxylic acids is 1. The van der Waals surface area contributed by atoms with Crippen LogP contribution in [-0.2, 0) is 13.6 Å². The van der Waals surface area contributed by atoms with Gasteiger partial charge in [-0.1, -0.05) is 0 Å². The van der Waals surface area contributed by atoms with Crippen LogP contribution in [0.3, 0.4) is 0 Å². The molecule has 0 saturated carbocycles. The van der Waals surface area contributed by atoms with Crippen LogP contribution in [0.2, 0.25) is 0 Å². The summed E-state index contributed by atoms with van der Waals surface area (Å²) in [5, 5.41) is 16.6. The van der Waals surface area contributed by atoms with Crippen molar-refractivity contribution in [2.45, 2.75) is 12.6 Å². The summed E-state index contributed by atoms with van der Waals surface area (Å²) in [5.74, 6) is -0.896. The molecule has 0 unspecified atom stereocenters. The fourth-order valence-electron chi connectivity index (χ4n) is 2.99. The third kappa shape index (κ3) is 2.56. The van der Waals surface area contributed by atoms with Crippen molar-refractivity contribution in [3.8, 4) is 0 Å². The van der Waals surface area contributed by atoms with Crippen molar-refractivity contribution >= 4 is 5.97 Å². The molecule has 0 atom stereocenters. The van der Waals surface area contributed by atoms with Crippen LogP contribution in [0.1, 0.15) is 16.1 Å². The summed E-state index contributed by atoms with van der Waals surface area (Å²) in [7, 11) is 1.80. The average molecular weight is 279 g/mol. The molecule has 0 aliphatic carbocycles. The largest absolute Gasteiger partial charge is 0.478 e. The second-order valence-corrected chi connectivity index (χ2v) is 5.57. The lowest BCUT2D eigenvalue weighted by molar-refractivity contribution is 0.0206. The molecule has 2 fully saturated rings. The molecule has 7 heteroatoms. The zero-order valence-corrected chi connectivity index (χ0v) is 11.7. The second kappa shape index (κ2) is 5.51. The molecule has 2 saturated heterocycles. The number of carboxylic acid groups (broad SMARTS) is 1. The van der Waals surface area contributed by atoms with E-state index in [4.69, 9.17) is 5.11 Å². The van der Waals surface area contributed by atoms with Crippen molar-refractivity contribution in [3.63, 3.8) is 0 Å². The Hall–Kier alpha value is -1.44. The highest BCUT2D eigenvalue weighted by Gasteiger charge is 2.33. The number of nitrogens with zero attached hydrogens (tertiary/aromatic N) is 4. The Kier molecular flexibility index (Phi) is 3.73. The van der Waals surface area contributed by atoms with Crippen molar-refractivity contribution in [2.24, 2.45) is 7.05 Å². The van der Waals surface area contributed by atoms with E-state index < -0.39 is 5.97 Å². The van der Waals surface area contributed by atoms with Gasteiger partial charge in [0.1, 0.15) is 5.56 Å². The second-order valence-electron chi connectivity index (χ2n) is 5.57. The molecule has 0 aromatic carbocycles. The summed E-state index contributed by atoms with van der Waals surface area (Å²) in [4.78, 5) is 16.0. The van der Waals surface area contributed by atoms with Crippen molar-refractivity contribution in [2.75, 3.05) is 39.3 Å². The van der Waals surface area contributed by atoms with Crippen LogP contribution in [0.15, 0.2) is 6.20 Å². The van der Waals surface area contributed by atoms with Crippen LogP contribution in [0.25, 0.3) is 0 Å². The SMILES string of the molecule is Cn1ncc(C(=O)O)c1CN1CC(N2CCNCC2)C1. The fraction of sp³-hybridized carbons (Fsp3) is 0.692. The van der Waals surface area contributed by atoms with Gasteiger partial charge in [0.2, 0.25) is 0 Å². The van der Waals surface area contributed by atoms with E-state index in [1.54, 1.807) is 11.7 Å². The van der Waals surface area contributed by atoms with E-state index >= 15 is 0 Å². The normalized spacial score (nSPS) is 21.9. The monoisotopic (exact) mass is 279 g/mol. The molecule has 3 heterocycles. The van der Waals surface area contributed by atoms with Gasteiger partial charge in [0.25, 0.3) is 0 Å².